The average molecular weight is 386 g/mol. The van der Waals surface area contributed by atoms with Gasteiger partial charge in [0.2, 0.25) is 5.82 Å². The van der Waals surface area contributed by atoms with Crippen molar-refractivity contribution in [2.45, 2.75) is 0 Å². The predicted molar refractivity (Wildman–Crippen MR) is 111 cm³/mol. The highest BCUT2D eigenvalue weighted by Crippen LogP contribution is 2.24. The van der Waals surface area contributed by atoms with Crippen LogP contribution in [-0.2, 0) is 0 Å². The van der Waals surface area contributed by atoms with Crippen LogP contribution in [0.4, 0.5) is 11.4 Å². The van der Waals surface area contributed by atoms with E-state index in [1.54, 1.807) is 59.1 Å². The molecule has 0 saturated heterocycles. The Morgan fingerprint density at radius 2 is 1.59 bits per heavy atom. The number of carbonyl (C=O) groups excluding carboxylic acids is 2. The van der Waals surface area contributed by atoms with Crippen LogP contribution in [0.15, 0.2) is 79.0 Å². The maximum absolute atomic E-state index is 12.9. The summed E-state index contributed by atoms with van der Waals surface area (Å²) in [5.41, 5.74) is 1.86. The molecule has 144 valence electrons. The third-order valence-electron chi connectivity index (χ3n) is 4.35. The van der Waals surface area contributed by atoms with Crippen molar-refractivity contribution in [3.05, 3.63) is 90.5 Å². The topological polar surface area (TPSA) is 84.7 Å². The fourth-order valence-corrected chi connectivity index (χ4v) is 3.00. The lowest BCUT2D eigenvalue weighted by atomic mass is 10.3. The van der Waals surface area contributed by atoms with Gasteiger partial charge >= 0.3 is 0 Å². The second kappa shape index (κ2) is 7.85. The third kappa shape index (κ3) is 3.66. The van der Waals surface area contributed by atoms with Gasteiger partial charge in [0.25, 0.3) is 11.8 Å². The summed E-state index contributed by atoms with van der Waals surface area (Å²) >= 11 is 0. The number of methoxy groups -OCH3 is 1. The molecule has 29 heavy (non-hydrogen) atoms. The summed E-state index contributed by atoms with van der Waals surface area (Å²) in [6.45, 7) is 0. The van der Waals surface area contributed by atoms with Crippen LogP contribution >= 0.6 is 0 Å². The molecule has 0 radical (unpaired) electrons. The Balaban J connectivity index is 1.68. The molecule has 0 unspecified atom stereocenters. The number of anilines is 2. The average Bonchev–Trinajstić information content (AvgIpc) is 3.15. The van der Waals surface area contributed by atoms with Gasteiger partial charge in [0.15, 0.2) is 5.69 Å². The largest absolute Gasteiger partial charge is 0.495 e. The van der Waals surface area contributed by atoms with E-state index >= 15 is 0 Å². The molecule has 4 aromatic rings. The highest BCUT2D eigenvalue weighted by atomic mass is 16.5. The van der Waals surface area contributed by atoms with Gasteiger partial charge in [-0.1, -0.05) is 36.4 Å². The zero-order valence-corrected chi connectivity index (χ0v) is 15.6. The number of para-hydroxylation sites is 3. The van der Waals surface area contributed by atoms with E-state index in [2.05, 4.69) is 15.6 Å². The standard InChI is InChI=1S/C22H18N4O3/c1-29-18-13-6-5-11-16(18)24-22(28)20-25-19(17-12-7-8-14-26(17)20)21(27)23-15-9-3-2-4-10-15/h2-14H,1H3,(H,23,27)(H,24,28). The molecule has 0 saturated carbocycles. The normalized spacial score (nSPS) is 10.5. The number of carbonyl (C=O) groups is 2. The van der Waals surface area contributed by atoms with Gasteiger partial charge in [0.05, 0.1) is 18.3 Å². The van der Waals surface area contributed by atoms with Gasteiger partial charge in [-0.05, 0) is 36.4 Å². The molecule has 0 fully saturated rings. The van der Waals surface area contributed by atoms with Crippen LogP contribution in [0, 0.1) is 0 Å². The number of rotatable bonds is 5. The first kappa shape index (κ1) is 18.2. The number of fused-ring (bicyclic) bond motifs is 1. The molecule has 2 aromatic carbocycles. The minimum atomic E-state index is -0.450. The van der Waals surface area contributed by atoms with Gasteiger partial charge in [0.1, 0.15) is 5.75 Å². The first-order valence-electron chi connectivity index (χ1n) is 8.95. The summed E-state index contributed by atoms with van der Waals surface area (Å²) in [6.07, 6.45) is 1.69. The minimum absolute atomic E-state index is 0.102. The second-order valence-electron chi connectivity index (χ2n) is 6.21. The molecule has 0 aliphatic carbocycles. The summed E-state index contributed by atoms with van der Waals surface area (Å²) < 4.78 is 6.86. The fourth-order valence-electron chi connectivity index (χ4n) is 3.00. The lowest BCUT2D eigenvalue weighted by molar-refractivity contribution is 0.101. The van der Waals surface area contributed by atoms with Gasteiger partial charge < -0.3 is 15.4 Å². The summed E-state index contributed by atoms with van der Waals surface area (Å²) in [7, 11) is 1.53. The molecular weight excluding hydrogens is 368 g/mol. The Morgan fingerprint density at radius 3 is 2.38 bits per heavy atom. The van der Waals surface area contributed by atoms with E-state index in [9.17, 15) is 9.59 Å². The first-order valence-corrected chi connectivity index (χ1v) is 8.95. The van der Waals surface area contributed by atoms with Gasteiger partial charge in [-0.3, -0.25) is 14.0 Å². The van der Waals surface area contributed by atoms with E-state index < -0.39 is 11.8 Å². The Morgan fingerprint density at radius 1 is 0.862 bits per heavy atom. The number of imidazole rings is 1. The highest BCUT2D eigenvalue weighted by Gasteiger charge is 2.22. The van der Waals surface area contributed by atoms with Crippen molar-refractivity contribution in [3.63, 3.8) is 0 Å². The molecule has 2 N–H and O–H groups in total. The quantitative estimate of drug-likeness (QED) is 0.546. The van der Waals surface area contributed by atoms with Crippen molar-refractivity contribution in [1.82, 2.24) is 9.38 Å². The number of amides is 2. The van der Waals surface area contributed by atoms with E-state index in [1.165, 1.54) is 7.11 Å². The summed E-state index contributed by atoms with van der Waals surface area (Å²) in [5, 5.41) is 5.60. The molecule has 0 bridgehead atoms. The third-order valence-corrected chi connectivity index (χ3v) is 4.35. The number of aromatic nitrogens is 2. The number of nitrogens with one attached hydrogen (secondary N) is 2. The molecular formula is C22H18N4O3. The van der Waals surface area contributed by atoms with Crippen LogP contribution in [0.25, 0.3) is 5.52 Å². The van der Waals surface area contributed by atoms with Gasteiger partial charge in [0, 0.05) is 11.9 Å². The zero-order chi connectivity index (χ0) is 20.2. The number of nitrogens with zero attached hydrogens (tertiary/aromatic N) is 2. The van der Waals surface area contributed by atoms with Crippen LogP contribution in [0.5, 0.6) is 5.75 Å². The minimum Gasteiger partial charge on any atom is -0.495 e. The van der Waals surface area contributed by atoms with E-state index in [1.807, 2.05) is 24.3 Å². The number of ether oxygens (including phenoxy) is 1. The molecule has 0 spiro atoms. The number of hydrogen-bond acceptors (Lipinski definition) is 4. The Kier molecular flexibility index (Phi) is 4.94. The van der Waals surface area contributed by atoms with E-state index in [-0.39, 0.29) is 11.5 Å². The molecule has 2 amide bonds. The van der Waals surface area contributed by atoms with Crippen LogP contribution in [0.1, 0.15) is 21.1 Å². The lowest BCUT2D eigenvalue weighted by Gasteiger charge is -2.09. The summed E-state index contributed by atoms with van der Waals surface area (Å²) in [5.74, 6) is -0.209. The van der Waals surface area contributed by atoms with Crippen LogP contribution in [0.2, 0.25) is 0 Å². The van der Waals surface area contributed by atoms with Gasteiger partial charge in [-0.2, -0.15) is 0 Å². The summed E-state index contributed by atoms with van der Waals surface area (Å²) in [6, 6.07) is 21.5. The van der Waals surface area contributed by atoms with E-state index in [0.29, 0.717) is 22.6 Å². The van der Waals surface area contributed by atoms with Crippen LogP contribution < -0.4 is 15.4 Å². The van der Waals surface area contributed by atoms with Crippen LogP contribution in [0.3, 0.4) is 0 Å². The molecule has 0 aliphatic rings. The molecule has 4 rings (SSSR count). The monoisotopic (exact) mass is 386 g/mol. The molecule has 7 nitrogen and oxygen atoms in total. The summed E-state index contributed by atoms with van der Waals surface area (Å²) in [4.78, 5) is 30.0. The van der Waals surface area contributed by atoms with Crippen molar-refractivity contribution >= 4 is 28.7 Å². The molecule has 2 aromatic heterocycles. The molecule has 0 aliphatic heterocycles. The van der Waals surface area contributed by atoms with Gasteiger partial charge in [-0.15, -0.1) is 0 Å². The van der Waals surface area contributed by atoms with E-state index in [4.69, 9.17) is 4.74 Å². The number of hydrogen-bond donors (Lipinski definition) is 2. The molecule has 0 atom stereocenters. The van der Waals surface area contributed by atoms with Crippen molar-refractivity contribution < 1.29 is 14.3 Å². The molecule has 7 heteroatoms. The number of pyridine rings is 1. The second-order valence-corrected chi connectivity index (χ2v) is 6.21. The van der Waals surface area contributed by atoms with Crippen molar-refractivity contribution in [3.8, 4) is 5.75 Å². The Labute approximate surface area is 167 Å². The number of benzene rings is 2. The van der Waals surface area contributed by atoms with Crippen molar-refractivity contribution in [2.75, 3.05) is 17.7 Å². The first-order chi connectivity index (χ1) is 14.2. The lowest BCUT2D eigenvalue weighted by Crippen LogP contribution is -2.17. The fraction of sp³-hybridized carbons (Fsp3) is 0.0455. The SMILES string of the molecule is COc1ccccc1NC(=O)c1nc(C(=O)Nc2ccccc2)c2ccccn12. The van der Waals surface area contributed by atoms with Gasteiger partial charge in [-0.25, -0.2) is 4.98 Å². The smallest absolute Gasteiger partial charge is 0.292 e. The maximum Gasteiger partial charge on any atom is 0.292 e. The maximum atomic E-state index is 12.9. The van der Waals surface area contributed by atoms with Crippen molar-refractivity contribution in [2.24, 2.45) is 0 Å². The Bertz CT molecular complexity index is 1190. The van der Waals surface area contributed by atoms with Crippen LogP contribution in [-0.4, -0.2) is 28.3 Å². The van der Waals surface area contributed by atoms with Crippen molar-refractivity contribution in [1.29, 1.82) is 0 Å². The predicted octanol–water partition coefficient (Wildman–Crippen LogP) is 3.85. The zero-order valence-electron chi connectivity index (χ0n) is 15.6. The molecule has 2 heterocycles. The Hall–Kier alpha value is -4.13. The van der Waals surface area contributed by atoms with E-state index in [0.717, 1.165) is 0 Å². The highest BCUT2D eigenvalue weighted by molar-refractivity contribution is 6.10.